The number of hydrogen-bond donors (Lipinski definition) is 2. The van der Waals surface area contributed by atoms with Crippen LogP contribution in [0.3, 0.4) is 0 Å². The van der Waals surface area contributed by atoms with E-state index >= 15 is 0 Å². The largest absolute Gasteiger partial charge is 0.459 e. The molecule has 1 aliphatic carbocycles. The highest BCUT2D eigenvalue weighted by molar-refractivity contribution is 5.94. The lowest BCUT2D eigenvalue weighted by atomic mass is 10.2. The van der Waals surface area contributed by atoms with Crippen LogP contribution in [0.4, 0.5) is 5.95 Å². The monoisotopic (exact) mass is 245 g/mol. The number of benzene rings is 1. The van der Waals surface area contributed by atoms with Crippen molar-refractivity contribution in [2.45, 2.75) is 25.9 Å². The zero-order chi connectivity index (χ0) is 12.7. The molecular formula is C13H15N3O2. The molecule has 18 heavy (non-hydrogen) atoms. The first-order valence-electron chi connectivity index (χ1n) is 6.10. The van der Waals surface area contributed by atoms with Gasteiger partial charge in [0.15, 0.2) is 5.95 Å². The molecule has 1 heterocycles. The summed E-state index contributed by atoms with van der Waals surface area (Å²) in [5.41, 5.74) is 7.59. The molecule has 1 aliphatic rings. The molecule has 1 unspecified atom stereocenters. The van der Waals surface area contributed by atoms with Crippen molar-refractivity contribution in [2.75, 3.05) is 5.73 Å². The van der Waals surface area contributed by atoms with Gasteiger partial charge in [0.2, 0.25) is 0 Å². The zero-order valence-corrected chi connectivity index (χ0v) is 10.1. The van der Waals surface area contributed by atoms with Gasteiger partial charge in [0, 0.05) is 0 Å². The Kier molecular flexibility index (Phi) is 2.47. The van der Waals surface area contributed by atoms with Gasteiger partial charge >= 0.3 is 5.97 Å². The first-order chi connectivity index (χ1) is 8.63. The maximum Gasteiger partial charge on any atom is 0.338 e. The molecule has 2 aromatic rings. The van der Waals surface area contributed by atoms with Gasteiger partial charge in [-0.2, -0.15) is 0 Å². The predicted octanol–water partition coefficient (Wildman–Crippen LogP) is 2.10. The van der Waals surface area contributed by atoms with Crippen LogP contribution < -0.4 is 5.73 Å². The van der Waals surface area contributed by atoms with Crippen LogP contribution in [0.5, 0.6) is 0 Å². The number of aromatic nitrogens is 2. The number of nitrogen functional groups attached to an aromatic ring is 1. The number of H-pyrrole nitrogens is 1. The number of rotatable bonds is 3. The average molecular weight is 245 g/mol. The summed E-state index contributed by atoms with van der Waals surface area (Å²) in [5.74, 6) is 0.604. The third kappa shape index (κ3) is 2.03. The highest BCUT2D eigenvalue weighted by Gasteiger charge is 2.30. The molecule has 5 nitrogen and oxygen atoms in total. The number of carbonyl (C=O) groups excluding carboxylic acids is 1. The minimum absolute atomic E-state index is 0.0000308. The normalized spacial score (nSPS) is 16.7. The second-order valence-corrected chi connectivity index (χ2v) is 4.80. The summed E-state index contributed by atoms with van der Waals surface area (Å²) in [6.45, 7) is 1.95. The molecule has 1 aromatic heterocycles. The van der Waals surface area contributed by atoms with E-state index in [2.05, 4.69) is 9.97 Å². The number of nitrogens with two attached hydrogens (primary N) is 1. The summed E-state index contributed by atoms with van der Waals surface area (Å²) in [6.07, 6.45) is 2.31. The molecule has 3 rings (SSSR count). The summed E-state index contributed by atoms with van der Waals surface area (Å²) in [5, 5.41) is 0. The SMILES string of the molecule is CC(OC(=O)c1ccc2nc(N)[nH]c2c1)C1CC1. The number of fused-ring (bicyclic) bond motifs is 1. The molecule has 0 saturated heterocycles. The van der Waals surface area contributed by atoms with Crippen molar-refractivity contribution in [3.8, 4) is 0 Å². The Morgan fingerprint density at radius 3 is 3.06 bits per heavy atom. The molecule has 1 atom stereocenters. The van der Waals surface area contributed by atoms with Crippen molar-refractivity contribution in [3.05, 3.63) is 23.8 Å². The number of hydrogen-bond acceptors (Lipinski definition) is 4. The number of ether oxygens (including phenoxy) is 1. The minimum Gasteiger partial charge on any atom is -0.459 e. The summed E-state index contributed by atoms with van der Waals surface area (Å²) >= 11 is 0. The summed E-state index contributed by atoms with van der Waals surface area (Å²) in [4.78, 5) is 18.9. The van der Waals surface area contributed by atoms with Crippen molar-refractivity contribution in [2.24, 2.45) is 5.92 Å². The highest BCUT2D eigenvalue weighted by atomic mass is 16.5. The van der Waals surface area contributed by atoms with Crippen LogP contribution in [0.1, 0.15) is 30.1 Å². The van der Waals surface area contributed by atoms with Crippen molar-refractivity contribution in [1.82, 2.24) is 9.97 Å². The first kappa shape index (κ1) is 11.1. The van der Waals surface area contributed by atoms with Crippen molar-refractivity contribution < 1.29 is 9.53 Å². The fourth-order valence-electron chi connectivity index (χ4n) is 2.06. The topological polar surface area (TPSA) is 81.0 Å². The Balaban J connectivity index is 1.81. The fourth-order valence-corrected chi connectivity index (χ4v) is 2.06. The van der Waals surface area contributed by atoms with E-state index in [-0.39, 0.29) is 12.1 Å². The molecular weight excluding hydrogens is 230 g/mol. The van der Waals surface area contributed by atoms with E-state index in [0.717, 1.165) is 23.9 Å². The number of anilines is 1. The van der Waals surface area contributed by atoms with E-state index in [0.29, 0.717) is 17.4 Å². The summed E-state index contributed by atoms with van der Waals surface area (Å²) in [7, 11) is 0. The second-order valence-electron chi connectivity index (χ2n) is 4.80. The van der Waals surface area contributed by atoms with Gasteiger partial charge in [-0.3, -0.25) is 0 Å². The molecule has 1 fully saturated rings. The third-order valence-electron chi connectivity index (χ3n) is 3.31. The van der Waals surface area contributed by atoms with Crippen molar-refractivity contribution in [1.29, 1.82) is 0 Å². The maximum atomic E-state index is 12.0. The minimum atomic E-state index is -0.288. The second kappa shape index (κ2) is 4.01. The lowest BCUT2D eigenvalue weighted by molar-refractivity contribution is 0.0295. The Bertz CT molecular complexity index is 601. The number of imidazole rings is 1. The van der Waals surface area contributed by atoms with E-state index in [1.807, 2.05) is 6.92 Å². The van der Waals surface area contributed by atoms with Gasteiger partial charge in [-0.15, -0.1) is 0 Å². The number of esters is 1. The predicted molar refractivity (Wildman–Crippen MR) is 68.1 cm³/mol. The Hall–Kier alpha value is -2.04. The lowest BCUT2D eigenvalue weighted by Gasteiger charge is -2.11. The molecule has 3 N–H and O–H groups in total. The number of aromatic amines is 1. The van der Waals surface area contributed by atoms with E-state index in [1.54, 1.807) is 18.2 Å². The first-order valence-corrected chi connectivity index (χ1v) is 6.10. The molecule has 0 bridgehead atoms. The zero-order valence-electron chi connectivity index (χ0n) is 10.1. The van der Waals surface area contributed by atoms with Crippen LogP contribution in [-0.4, -0.2) is 22.0 Å². The van der Waals surface area contributed by atoms with Gasteiger partial charge in [0.25, 0.3) is 0 Å². The molecule has 0 amide bonds. The highest BCUT2D eigenvalue weighted by Crippen LogP contribution is 2.34. The molecule has 0 aliphatic heterocycles. The van der Waals surface area contributed by atoms with Gasteiger partial charge in [0.05, 0.1) is 16.6 Å². The van der Waals surface area contributed by atoms with Crippen LogP contribution in [0.15, 0.2) is 18.2 Å². The molecule has 0 spiro atoms. The number of carbonyl (C=O) groups is 1. The Morgan fingerprint density at radius 2 is 2.33 bits per heavy atom. The van der Waals surface area contributed by atoms with Crippen LogP contribution >= 0.6 is 0 Å². The molecule has 0 radical (unpaired) electrons. The smallest absolute Gasteiger partial charge is 0.338 e. The lowest BCUT2D eigenvalue weighted by Crippen LogP contribution is -2.16. The van der Waals surface area contributed by atoms with E-state index < -0.39 is 0 Å². The molecule has 1 aromatic carbocycles. The van der Waals surface area contributed by atoms with Gasteiger partial charge in [-0.1, -0.05) is 0 Å². The van der Waals surface area contributed by atoms with Gasteiger partial charge in [-0.25, -0.2) is 9.78 Å². The van der Waals surface area contributed by atoms with Crippen molar-refractivity contribution in [3.63, 3.8) is 0 Å². The van der Waals surface area contributed by atoms with Crippen LogP contribution in [0.25, 0.3) is 11.0 Å². The maximum absolute atomic E-state index is 12.0. The Morgan fingerprint density at radius 1 is 1.56 bits per heavy atom. The van der Waals surface area contributed by atoms with Gasteiger partial charge < -0.3 is 15.5 Å². The quantitative estimate of drug-likeness (QED) is 0.811. The van der Waals surface area contributed by atoms with Crippen molar-refractivity contribution >= 4 is 23.0 Å². The fraction of sp³-hybridized carbons (Fsp3) is 0.385. The number of nitrogens with one attached hydrogen (secondary N) is 1. The van der Waals surface area contributed by atoms with E-state index in [1.165, 1.54) is 0 Å². The third-order valence-corrected chi connectivity index (χ3v) is 3.31. The van der Waals surface area contributed by atoms with Gasteiger partial charge in [0.1, 0.15) is 6.10 Å². The summed E-state index contributed by atoms with van der Waals surface area (Å²) in [6, 6.07) is 5.20. The molecule has 94 valence electrons. The van der Waals surface area contributed by atoms with E-state index in [9.17, 15) is 4.79 Å². The van der Waals surface area contributed by atoms with Gasteiger partial charge in [-0.05, 0) is 43.9 Å². The van der Waals surface area contributed by atoms with Crippen LogP contribution in [0.2, 0.25) is 0 Å². The van der Waals surface area contributed by atoms with E-state index in [4.69, 9.17) is 10.5 Å². The molecule has 1 saturated carbocycles. The van der Waals surface area contributed by atoms with Crippen LogP contribution in [0, 0.1) is 5.92 Å². The standard InChI is InChI=1S/C13H15N3O2/c1-7(8-2-3-8)18-12(17)9-4-5-10-11(6-9)16-13(14)15-10/h4-8H,2-3H2,1H3,(H3,14,15,16). The van der Waals surface area contributed by atoms with Crippen LogP contribution in [-0.2, 0) is 4.74 Å². The average Bonchev–Trinajstić information content (AvgIpc) is 3.10. The molecule has 5 heteroatoms. The Labute approximate surface area is 104 Å². The number of nitrogens with zero attached hydrogens (tertiary/aromatic N) is 1. The summed E-state index contributed by atoms with van der Waals surface area (Å²) < 4.78 is 5.41.